The smallest absolute Gasteiger partial charge is 0.0355 e. The second kappa shape index (κ2) is 3.41. The molecule has 0 aromatic heterocycles. The van der Waals surface area contributed by atoms with Crippen LogP contribution in [0.15, 0.2) is 0 Å². The maximum absolute atomic E-state index is 2.33. The molecule has 0 aliphatic heterocycles. The zero-order valence-electron chi connectivity index (χ0n) is 7.56. The average molecular weight is 140 g/mol. The summed E-state index contributed by atoms with van der Waals surface area (Å²) in [6, 6.07) is 0. The van der Waals surface area contributed by atoms with Gasteiger partial charge in [-0.15, -0.1) is 0 Å². The molecular weight excluding hydrogens is 120 g/mol. The van der Waals surface area contributed by atoms with Crippen LogP contribution in [0, 0.1) is 17.8 Å². The van der Waals surface area contributed by atoms with Crippen molar-refractivity contribution in [2.75, 3.05) is 0 Å². The molecule has 0 radical (unpaired) electrons. The molecule has 0 heteroatoms. The van der Waals surface area contributed by atoms with Crippen molar-refractivity contribution in [3.63, 3.8) is 0 Å². The highest BCUT2D eigenvalue weighted by atomic mass is 14.4. The molecular formula is C10H20. The summed E-state index contributed by atoms with van der Waals surface area (Å²) in [5.74, 6) is 3.26. The standard InChI is InChI=1S/C10H20/c1-4-8(5-2)10-7-9(10)6-3/h8-10H,4-7H2,1-3H3. The van der Waals surface area contributed by atoms with Crippen molar-refractivity contribution < 1.29 is 0 Å². The lowest BCUT2D eigenvalue weighted by Gasteiger charge is -2.10. The Morgan fingerprint density at radius 2 is 1.80 bits per heavy atom. The third-order valence-electron chi connectivity index (χ3n) is 3.16. The number of rotatable bonds is 4. The predicted octanol–water partition coefficient (Wildman–Crippen LogP) is 3.47. The van der Waals surface area contributed by atoms with E-state index in [0.717, 1.165) is 17.8 Å². The first-order valence-corrected chi connectivity index (χ1v) is 4.83. The first-order valence-electron chi connectivity index (χ1n) is 4.83. The van der Waals surface area contributed by atoms with Gasteiger partial charge in [-0.25, -0.2) is 0 Å². The summed E-state index contributed by atoms with van der Waals surface area (Å²) < 4.78 is 0. The van der Waals surface area contributed by atoms with Crippen LogP contribution in [0.1, 0.15) is 46.5 Å². The van der Waals surface area contributed by atoms with Crippen molar-refractivity contribution in [2.24, 2.45) is 17.8 Å². The lowest BCUT2D eigenvalue weighted by molar-refractivity contribution is 0.406. The molecule has 0 bridgehead atoms. The van der Waals surface area contributed by atoms with E-state index in [1.807, 2.05) is 0 Å². The molecule has 0 heterocycles. The van der Waals surface area contributed by atoms with Crippen LogP contribution in [0.5, 0.6) is 0 Å². The van der Waals surface area contributed by atoms with Gasteiger partial charge in [0.25, 0.3) is 0 Å². The van der Waals surface area contributed by atoms with E-state index in [9.17, 15) is 0 Å². The van der Waals surface area contributed by atoms with Gasteiger partial charge in [-0.2, -0.15) is 0 Å². The highest BCUT2D eigenvalue weighted by molar-refractivity contribution is 4.89. The maximum Gasteiger partial charge on any atom is -0.0355 e. The molecule has 0 spiro atoms. The first-order chi connectivity index (χ1) is 4.83. The van der Waals surface area contributed by atoms with Crippen molar-refractivity contribution >= 4 is 0 Å². The maximum atomic E-state index is 2.33. The summed E-state index contributed by atoms with van der Waals surface area (Å²) in [5.41, 5.74) is 0. The highest BCUT2D eigenvalue weighted by Crippen LogP contribution is 2.48. The summed E-state index contributed by atoms with van der Waals surface area (Å²) in [6.07, 6.45) is 5.75. The van der Waals surface area contributed by atoms with Gasteiger partial charge >= 0.3 is 0 Å². The van der Waals surface area contributed by atoms with E-state index < -0.39 is 0 Å². The summed E-state index contributed by atoms with van der Waals surface area (Å²) in [4.78, 5) is 0. The van der Waals surface area contributed by atoms with Gasteiger partial charge in [-0.3, -0.25) is 0 Å². The van der Waals surface area contributed by atoms with Crippen LogP contribution in [0.3, 0.4) is 0 Å². The third-order valence-corrected chi connectivity index (χ3v) is 3.16. The van der Waals surface area contributed by atoms with Gasteiger partial charge in [0, 0.05) is 0 Å². The number of hydrogen-bond acceptors (Lipinski definition) is 0. The van der Waals surface area contributed by atoms with E-state index in [4.69, 9.17) is 0 Å². The summed E-state index contributed by atoms with van der Waals surface area (Å²) in [7, 11) is 0. The topological polar surface area (TPSA) is 0 Å². The fraction of sp³-hybridized carbons (Fsp3) is 1.00. The van der Waals surface area contributed by atoms with Crippen molar-refractivity contribution in [2.45, 2.75) is 46.5 Å². The molecule has 2 unspecified atom stereocenters. The zero-order valence-corrected chi connectivity index (χ0v) is 7.56. The average Bonchev–Trinajstić information content (AvgIpc) is 2.70. The fourth-order valence-electron chi connectivity index (χ4n) is 2.21. The molecule has 1 saturated carbocycles. The normalized spacial score (nSPS) is 31.2. The van der Waals surface area contributed by atoms with Crippen LogP contribution < -0.4 is 0 Å². The minimum absolute atomic E-state index is 1.05. The largest absolute Gasteiger partial charge is 0.0651 e. The quantitative estimate of drug-likeness (QED) is 0.561. The number of hydrogen-bond donors (Lipinski definition) is 0. The zero-order chi connectivity index (χ0) is 7.56. The monoisotopic (exact) mass is 140 g/mol. The minimum Gasteiger partial charge on any atom is -0.0651 e. The van der Waals surface area contributed by atoms with Crippen molar-refractivity contribution in [1.29, 1.82) is 0 Å². The Morgan fingerprint density at radius 1 is 1.20 bits per heavy atom. The Bertz CT molecular complexity index is 92.2. The molecule has 0 saturated heterocycles. The van der Waals surface area contributed by atoms with Crippen LogP contribution >= 0.6 is 0 Å². The van der Waals surface area contributed by atoms with E-state index in [1.54, 1.807) is 0 Å². The molecule has 10 heavy (non-hydrogen) atoms. The Labute approximate surface area is 65.0 Å². The van der Waals surface area contributed by atoms with Gasteiger partial charge in [0.15, 0.2) is 0 Å². The molecule has 60 valence electrons. The molecule has 1 fully saturated rings. The lowest BCUT2D eigenvalue weighted by Crippen LogP contribution is -2.00. The second-order valence-electron chi connectivity index (χ2n) is 3.64. The van der Waals surface area contributed by atoms with Gasteiger partial charge < -0.3 is 0 Å². The Balaban J connectivity index is 2.22. The van der Waals surface area contributed by atoms with Gasteiger partial charge in [-0.1, -0.05) is 40.0 Å². The molecule has 0 amide bonds. The molecule has 0 N–H and O–H groups in total. The Morgan fingerprint density at radius 3 is 2.10 bits per heavy atom. The summed E-state index contributed by atoms with van der Waals surface area (Å²) in [6.45, 7) is 6.99. The second-order valence-corrected chi connectivity index (χ2v) is 3.64. The summed E-state index contributed by atoms with van der Waals surface area (Å²) in [5, 5.41) is 0. The Kier molecular flexibility index (Phi) is 2.76. The predicted molar refractivity (Wildman–Crippen MR) is 46.0 cm³/mol. The summed E-state index contributed by atoms with van der Waals surface area (Å²) >= 11 is 0. The van der Waals surface area contributed by atoms with E-state index >= 15 is 0 Å². The van der Waals surface area contributed by atoms with E-state index in [-0.39, 0.29) is 0 Å². The van der Waals surface area contributed by atoms with E-state index in [0.29, 0.717) is 0 Å². The molecule has 0 aromatic rings. The molecule has 1 rings (SSSR count). The van der Waals surface area contributed by atoms with Crippen molar-refractivity contribution in [3.8, 4) is 0 Å². The van der Waals surface area contributed by atoms with Crippen LogP contribution in [0.4, 0.5) is 0 Å². The van der Waals surface area contributed by atoms with Crippen LogP contribution in [-0.4, -0.2) is 0 Å². The third kappa shape index (κ3) is 1.53. The van der Waals surface area contributed by atoms with E-state index in [2.05, 4.69) is 20.8 Å². The molecule has 0 aromatic carbocycles. The van der Waals surface area contributed by atoms with Gasteiger partial charge in [0.1, 0.15) is 0 Å². The van der Waals surface area contributed by atoms with Crippen LogP contribution in [0.25, 0.3) is 0 Å². The first kappa shape index (κ1) is 8.10. The Hall–Kier alpha value is 0. The van der Waals surface area contributed by atoms with E-state index in [1.165, 1.54) is 25.7 Å². The highest BCUT2D eigenvalue weighted by Gasteiger charge is 2.39. The van der Waals surface area contributed by atoms with Gasteiger partial charge in [-0.05, 0) is 24.2 Å². The van der Waals surface area contributed by atoms with Crippen LogP contribution in [0.2, 0.25) is 0 Å². The SMILES string of the molecule is CCC(CC)C1CC1CC. The molecule has 2 atom stereocenters. The minimum atomic E-state index is 1.05. The van der Waals surface area contributed by atoms with Gasteiger partial charge in [0.2, 0.25) is 0 Å². The fourth-order valence-corrected chi connectivity index (χ4v) is 2.21. The van der Waals surface area contributed by atoms with Gasteiger partial charge in [0.05, 0.1) is 0 Å². The van der Waals surface area contributed by atoms with Crippen LogP contribution in [-0.2, 0) is 0 Å². The lowest BCUT2D eigenvalue weighted by atomic mass is 9.96. The van der Waals surface area contributed by atoms with Crippen molar-refractivity contribution in [1.82, 2.24) is 0 Å². The molecule has 1 aliphatic rings. The van der Waals surface area contributed by atoms with Crippen molar-refractivity contribution in [3.05, 3.63) is 0 Å². The molecule has 1 aliphatic carbocycles. The molecule has 0 nitrogen and oxygen atoms in total.